The zero-order valence-electron chi connectivity index (χ0n) is 8.63. The second-order valence-corrected chi connectivity index (χ2v) is 4.05. The zero-order chi connectivity index (χ0) is 9.68. The lowest BCUT2D eigenvalue weighted by Gasteiger charge is -2.37. The zero-order valence-corrected chi connectivity index (χ0v) is 8.63. The maximum atomic E-state index is 8.91. The van der Waals surface area contributed by atoms with E-state index in [0.29, 0.717) is 0 Å². The summed E-state index contributed by atoms with van der Waals surface area (Å²) in [6.07, 6.45) is 5.06. The first kappa shape index (κ1) is 10.7. The topological polar surface area (TPSA) is 23.5 Å². The highest BCUT2D eigenvalue weighted by Gasteiger charge is 2.23. The lowest BCUT2D eigenvalue weighted by atomic mass is 9.91. The molecule has 0 aromatic carbocycles. The molecule has 76 valence electrons. The van der Waals surface area contributed by atoms with Crippen LogP contribution in [0.1, 0.15) is 32.6 Å². The number of aliphatic hydroxyl groups excluding tert-OH is 1. The molecule has 1 fully saturated rings. The van der Waals surface area contributed by atoms with Gasteiger partial charge in [-0.3, -0.25) is 4.90 Å². The minimum atomic E-state index is 0.284. The molecule has 0 radical (unpaired) electrons. The number of nitrogens with zero attached hydrogens (tertiary/aromatic N) is 1. The summed E-state index contributed by atoms with van der Waals surface area (Å²) in [5.74, 6) is 0. The minimum Gasteiger partial charge on any atom is -0.395 e. The molecule has 0 aliphatic heterocycles. The minimum absolute atomic E-state index is 0.284. The molecule has 0 aromatic heterocycles. The summed E-state index contributed by atoms with van der Waals surface area (Å²) in [6, 6.07) is 0.742. The number of rotatable bonds is 6. The van der Waals surface area contributed by atoms with Crippen LogP contribution in [0.4, 0.5) is 0 Å². The molecule has 1 saturated carbocycles. The largest absolute Gasteiger partial charge is 0.395 e. The van der Waals surface area contributed by atoms with Gasteiger partial charge in [-0.25, -0.2) is 0 Å². The summed E-state index contributed by atoms with van der Waals surface area (Å²) in [4.78, 5) is 2.40. The van der Waals surface area contributed by atoms with Crippen molar-refractivity contribution in [2.75, 3.05) is 19.7 Å². The van der Waals surface area contributed by atoms with E-state index in [2.05, 4.69) is 18.4 Å². The van der Waals surface area contributed by atoms with Gasteiger partial charge in [0.15, 0.2) is 0 Å². The highest BCUT2D eigenvalue weighted by Crippen LogP contribution is 2.24. The van der Waals surface area contributed by atoms with E-state index in [1.165, 1.54) is 24.8 Å². The first-order valence-corrected chi connectivity index (χ1v) is 5.23. The standard InChI is InChI=1S/C11H21NO/c1-10(2)6-7-12(8-9-13)11-4-3-5-11/h11,13H,1,3-9H2,2H3. The molecule has 1 rings (SSSR count). The van der Waals surface area contributed by atoms with Gasteiger partial charge in [-0.05, 0) is 26.2 Å². The Hall–Kier alpha value is -0.340. The summed E-state index contributed by atoms with van der Waals surface area (Å²) >= 11 is 0. The Bertz CT molecular complexity index is 163. The molecule has 0 aromatic rings. The smallest absolute Gasteiger partial charge is 0.0558 e. The molecule has 0 saturated heterocycles. The summed E-state index contributed by atoms with van der Waals surface area (Å²) in [5, 5.41) is 8.91. The lowest BCUT2D eigenvalue weighted by Crippen LogP contribution is -2.42. The number of hydrogen-bond acceptors (Lipinski definition) is 2. The fourth-order valence-corrected chi connectivity index (χ4v) is 1.69. The molecule has 0 amide bonds. The van der Waals surface area contributed by atoms with Gasteiger partial charge in [-0.1, -0.05) is 12.0 Å². The van der Waals surface area contributed by atoms with Crippen LogP contribution in [0.25, 0.3) is 0 Å². The van der Waals surface area contributed by atoms with Crippen molar-refractivity contribution >= 4 is 0 Å². The van der Waals surface area contributed by atoms with Crippen molar-refractivity contribution in [2.45, 2.75) is 38.6 Å². The van der Waals surface area contributed by atoms with E-state index < -0.39 is 0 Å². The highest BCUT2D eigenvalue weighted by atomic mass is 16.3. The monoisotopic (exact) mass is 183 g/mol. The molecule has 1 aliphatic rings. The second-order valence-electron chi connectivity index (χ2n) is 4.05. The molecule has 0 atom stereocenters. The summed E-state index contributed by atoms with van der Waals surface area (Å²) < 4.78 is 0. The van der Waals surface area contributed by atoms with Gasteiger partial charge in [-0.15, -0.1) is 6.58 Å². The van der Waals surface area contributed by atoms with Gasteiger partial charge in [0, 0.05) is 19.1 Å². The Balaban J connectivity index is 2.24. The van der Waals surface area contributed by atoms with Crippen LogP contribution in [-0.4, -0.2) is 35.7 Å². The Kier molecular flexibility index (Phi) is 4.46. The predicted molar refractivity (Wildman–Crippen MR) is 55.7 cm³/mol. The summed E-state index contributed by atoms with van der Waals surface area (Å²) in [6.45, 7) is 8.15. The molecule has 2 heteroatoms. The second kappa shape index (κ2) is 5.40. The summed E-state index contributed by atoms with van der Waals surface area (Å²) in [5.41, 5.74) is 1.24. The lowest BCUT2D eigenvalue weighted by molar-refractivity contribution is 0.103. The van der Waals surface area contributed by atoms with Crippen molar-refractivity contribution in [3.63, 3.8) is 0 Å². The van der Waals surface area contributed by atoms with E-state index >= 15 is 0 Å². The van der Waals surface area contributed by atoms with Crippen LogP contribution < -0.4 is 0 Å². The average molecular weight is 183 g/mol. The van der Waals surface area contributed by atoms with Gasteiger partial charge in [-0.2, -0.15) is 0 Å². The van der Waals surface area contributed by atoms with Gasteiger partial charge in [0.25, 0.3) is 0 Å². The number of hydrogen-bond donors (Lipinski definition) is 1. The number of aliphatic hydroxyl groups is 1. The first-order valence-electron chi connectivity index (χ1n) is 5.23. The van der Waals surface area contributed by atoms with E-state index in [-0.39, 0.29) is 6.61 Å². The van der Waals surface area contributed by atoms with Gasteiger partial charge in [0.1, 0.15) is 0 Å². The van der Waals surface area contributed by atoms with Crippen molar-refractivity contribution in [1.29, 1.82) is 0 Å². The van der Waals surface area contributed by atoms with Crippen molar-refractivity contribution < 1.29 is 5.11 Å². The molecule has 0 unspecified atom stereocenters. The Morgan fingerprint density at radius 1 is 1.46 bits per heavy atom. The third kappa shape index (κ3) is 3.49. The van der Waals surface area contributed by atoms with E-state index in [4.69, 9.17) is 5.11 Å². The molecule has 13 heavy (non-hydrogen) atoms. The predicted octanol–water partition coefficient (Wildman–Crippen LogP) is 1.80. The maximum Gasteiger partial charge on any atom is 0.0558 e. The quantitative estimate of drug-likeness (QED) is 0.635. The van der Waals surface area contributed by atoms with Crippen LogP contribution in [0.3, 0.4) is 0 Å². The van der Waals surface area contributed by atoms with E-state index in [1.54, 1.807) is 0 Å². The Morgan fingerprint density at radius 2 is 2.15 bits per heavy atom. The SMILES string of the molecule is C=C(C)CCN(CCO)C1CCC1. The average Bonchev–Trinajstić information content (AvgIpc) is 1.97. The molecular weight excluding hydrogens is 162 g/mol. The molecular formula is C11H21NO. The fraction of sp³-hybridized carbons (Fsp3) is 0.818. The van der Waals surface area contributed by atoms with Crippen molar-refractivity contribution in [1.82, 2.24) is 4.90 Å². The fourth-order valence-electron chi connectivity index (χ4n) is 1.69. The van der Waals surface area contributed by atoms with Crippen LogP contribution in [0.5, 0.6) is 0 Å². The highest BCUT2D eigenvalue weighted by molar-refractivity contribution is 4.90. The van der Waals surface area contributed by atoms with E-state index in [1.807, 2.05) is 0 Å². The van der Waals surface area contributed by atoms with Crippen LogP contribution in [0.15, 0.2) is 12.2 Å². The van der Waals surface area contributed by atoms with Gasteiger partial charge >= 0.3 is 0 Å². The molecule has 1 aliphatic carbocycles. The maximum absolute atomic E-state index is 8.91. The molecule has 0 heterocycles. The van der Waals surface area contributed by atoms with Gasteiger partial charge in [0.2, 0.25) is 0 Å². The molecule has 0 bridgehead atoms. The molecule has 0 spiro atoms. The van der Waals surface area contributed by atoms with Crippen LogP contribution >= 0.6 is 0 Å². The third-order valence-corrected chi connectivity index (χ3v) is 2.80. The first-order chi connectivity index (χ1) is 6.24. The van der Waals surface area contributed by atoms with Gasteiger partial charge < -0.3 is 5.11 Å². The van der Waals surface area contributed by atoms with Crippen molar-refractivity contribution in [3.05, 3.63) is 12.2 Å². The normalized spacial score (nSPS) is 17.5. The van der Waals surface area contributed by atoms with Crippen LogP contribution in [0.2, 0.25) is 0 Å². The van der Waals surface area contributed by atoms with E-state index in [9.17, 15) is 0 Å². The van der Waals surface area contributed by atoms with Crippen LogP contribution in [0, 0.1) is 0 Å². The van der Waals surface area contributed by atoms with Crippen LogP contribution in [-0.2, 0) is 0 Å². The van der Waals surface area contributed by atoms with Crippen molar-refractivity contribution in [3.8, 4) is 0 Å². The molecule has 1 N–H and O–H groups in total. The molecule has 2 nitrogen and oxygen atoms in total. The summed E-state index contributed by atoms with van der Waals surface area (Å²) in [7, 11) is 0. The van der Waals surface area contributed by atoms with Gasteiger partial charge in [0.05, 0.1) is 6.61 Å². The van der Waals surface area contributed by atoms with E-state index in [0.717, 1.165) is 25.6 Å². The Labute approximate surface area is 81.2 Å². The third-order valence-electron chi connectivity index (χ3n) is 2.80. The Morgan fingerprint density at radius 3 is 2.54 bits per heavy atom. The van der Waals surface area contributed by atoms with Crippen molar-refractivity contribution in [2.24, 2.45) is 0 Å².